The van der Waals surface area contributed by atoms with Crippen molar-refractivity contribution in [2.45, 2.75) is 26.3 Å². The van der Waals surface area contributed by atoms with Crippen LogP contribution in [0.1, 0.15) is 47.2 Å². The first-order valence-corrected chi connectivity index (χ1v) is 8.05. The van der Waals surface area contributed by atoms with Crippen molar-refractivity contribution in [3.63, 3.8) is 0 Å². The van der Waals surface area contributed by atoms with Gasteiger partial charge < -0.3 is 14.6 Å². The van der Waals surface area contributed by atoms with Crippen LogP contribution in [0, 0.1) is 6.92 Å². The van der Waals surface area contributed by atoms with Crippen LogP contribution in [0.4, 0.5) is 8.78 Å². The van der Waals surface area contributed by atoms with Gasteiger partial charge in [0, 0.05) is 0 Å². The summed E-state index contributed by atoms with van der Waals surface area (Å²) in [7, 11) is 0. The lowest BCUT2D eigenvalue weighted by molar-refractivity contribution is 0.0932. The molecule has 1 unspecified atom stereocenters. The summed E-state index contributed by atoms with van der Waals surface area (Å²) >= 11 is 0. The summed E-state index contributed by atoms with van der Waals surface area (Å²) < 4.78 is 35.1. The number of hydrogen-bond donors (Lipinski definition) is 1. The van der Waals surface area contributed by atoms with E-state index in [0.717, 1.165) is 5.56 Å². The van der Waals surface area contributed by atoms with Gasteiger partial charge in [-0.05, 0) is 43.7 Å². The van der Waals surface area contributed by atoms with Crippen molar-refractivity contribution in [2.24, 2.45) is 0 Å². The zero-order valence-corrected chi connectivity index (χ0v) is 14.5. The Kier molecular flexibility index (Phi) is 5.39. The molecular formula is C18H16F2N4O3. The second kappa shape index (κ2) is 7.90. The van der Waals surface area contributed by atoms with Crippen LogP contribution in [-0.4, -0.2) is 21.0 Å². The average Bonchev–Trinajstić information content (AvgIpc) is 3.13. The number of halogens is 2. The van der Waals surface area contributed by atoms with Crippen molar-refractivity contribution in [3.8, 4) is 11.5 Å². The zero-order chi connectivity index (χ0) is 19.4. The van der Waals surface area contributed by atoms with E-state index in [-0.39, 0.29) is 11.5 Å². The zero-order valence-electron chi connectivity index (χ0n) is 14.5. The highest BCUT2D eigenvalue weighted by atomic mass is 19.3. The molecule has 2 aromatic heterocycles. The molecule has 1 aromatic carbocycles. The number of aryl methyl sites for hydroxylation is 1. The number of nitrogens with zero attached hydrogens (tertiary/aromatic N) is 3. The molecule has 2 heterocycles. The molecule has 140 valence electrons. The first-order valence-electron chi connectivity index (χ1n) is 8.05. The lowest BCUT2D eigenvalue weighted by Crippen LogP contribution is -2.28. The highest BCUT2D eigenvalue weighted by Crippen LogP contribution is 2.22. The third-order valence-electron chi connectivity index (χ3n) is 3.57. The van der Waals surface area contributed by atoms with E-state index in [2.05, 4.69) is 25.0 Å². The van der Waals surface area contributed by atoms with Gasteiger partial charge in [0.05, 0.1) is 12.2 Å². The molecular weight excluding hydrogens is 358 g/mol. The minimum absolute atomic E-state index is 0.0435. The molecule has 1 amide bonds. The Bertz CT molecular complexity index is 928. The maximum Gasteiger partial charge on any atom is 0.315 e. The van der Waals surface area contributed by atoms with Gasteiger partial charge in [0.15, 0.2) is 5.82 Å². The highest BCUT2D eigenvalue weighted by molar-refractivity contribution is 5.92. The molecule has 0 bridgehead atoms. The lowest BCUT2D eigenvalue weighted by atomic mass is 10.2. The Hall–Kier alpha value is -3.36. The molecule has 9 heteroatoms. The van der Waals surface area contributed by atoms with Crippen LogP contribution in [0.3, 0.4) is 0 Å². The van der Waals surface area contributed by atoms with E-state index >= 15 is 0 Å². The molecule has 27 heavy (non-hydrogen) atoms. The van der Waals surface area contributed by atoms with Crippen molar-refractivity contribution < 1.29 is 22.8 Å². The third-order valence-corrected chi connectivity index (χ3v) is 3.57. The SMILES string of the molecule is Cc1cccc(Oc2ccc(C(=O)NC(C)c3noc(C(F)F)n3)nc2)c1. The number of nitrogens with one attached hydrogen (secondary N) is 1. The van der Waals surface area contributed by atoms with Crippen LogP contribution in [-0.2, 0) is 0 Å². The number of benzene rings is 1. The van der Waals surface area contributed by atoms with Gasteiger partial charge >= 0.3 is 6.43 Å². The quantitative estimate of drug-likeness (QED) is 0.702. The fourth-order valence-electron chi connectivity index (χ4n) is 2.24. The highest BCUT2D eigenvalue weighted by Gasteiger charge is 2.21. The number of rotatable bonds is 6. The van der Waals surface area contributed by atoms with Crippen LogP contribution < -0.4 is 10.1 Å². The van der Waals surface area contributed by atoms with Crippen molar-refractivity contribution in [1.82, 2.24) is 20.4 Å². The second-order valence-electron chi connectivity index (χ2n) is 5.78. The molecule has 3 rings (SSSR count). The van der Waals surface area contributed by atoms with E-state index in [1.54, 1.807) is 13.0 Å². The van der Waals surface area contributed by atoms with Crippen LogP contribution in [0.15, 0.2) is 47.1 Å². The van der Waals surface area contributed by atoms with E-state index in [1.165, 1.54) is 12.3 Å². The van der Waals surface area contributed by atoms with Gasteiger partial charge in [0.1, 0.15) is 17.2 Å². The summed E-state index contributed by atoms with van der Waals surface area (Å²) in [6.45, 7) is 3.50. The first kappa shape index (κ1) is 18.4. The maximum absolute atomic E-state index is 12.5. The second-order valence-corrected chi connectivity index (χ2v) is 5.78. The molecule has 1 N–H and O–H groups in total. The maximum atomic E-state index is 12.5. The average molecular weight is 374 g/mol. The number of amides is 1. The van der Waals surface area contributed by atoms with E-state index in [0.29, 0.717) is 11.5 Å². The van der Waals surface area contributed by atoms with E-state index in [4.69, 9.17) is 4.74 Å². The molecule has 1 atom stereocenters. The number of hydrogen-bond acceptors (Lipinski definition) is 6. The molecule has 0 aliphatic carbocycles. The molecule has 0 saturated carbocycles. The number of pyridine rings is 1. The van der Waals surface area contributed by atoms with Crippen LogP contribution in [0.5, 0.6) is 11.5 Å². The predicted molar refractivity (Wildman–Crippen MR) is 90.6 cm³/mol. The minimum atomic E-state index is -2.86. The summed E-state index contributed by atoms with van der Waals surface area (Å²) in [4.78, 5) is 19.8. The predicted octanol–water partition coefficient (Wildman–Crippen LogP) is 3.99. The van der Waals surface area contributed by atoms with E-state index in [9.17, 15) is 13.6 Å². The van der Waals surface area contributed by atoms with Gasteiger partial charge in [-0.3, -0.25) is 4.79 Å². The standard InChI is InChI=1S/C18H16F2N4O3/c1-10-4-3-5-12(8-10)26-13-6-7-14(21-9-13)17(25)22-11(2)16-23-18(15(19)20)27-24-16/h3-9,11,15H,1-2H3,(H,22,25). The fraction of sp³-hybridized carbons (Fsp3) is 0.222. The number of carbonyl (C=O) groups is 1. The molecule has 0 radical (unpaired) electrons. The van der Waals surface area contributed by atoms with Crippen LogP contribution in [0.2, 0.25) is 0 Å². The Morgan fingerprint density at radius 2 is 2.04 bits per heavy atom. The molecule has 7 nitrogen and oxygen atoms in total. The van der Waals surface area contributed by atoms with Gasteiger partial charge in [-0.15, -0.1) is 0 Å². The van der Waals surface area contributed by atoms with Gasteiger partial charge in [0.25, 0.3) is 11.8 Å². The number of alkyl halides is 2. The molecule has 0 fully saturated rings. The lowest BCUT2D eigenvalue weighted by Gasteiger charge is -2.10. The van der Waals surface area contributed by atoms with Crippen molar-refractivity contribution in [3.05, 3.63) is 65.6 Å². The van der Waals surface area contributed by atoms with Crippen molar-refractivity contribution in [2.75, 3.05) is 0 Å². The Balaban J connectivity index is 1.62. The van der Waals surface area contributed by atoms with Gasteiger partial charge in [0.2, 0.25) is 0 Å². The minimum Gasteiger partial charge on any atom is -0.456 e. The number of carbonyl (C=O) groups excluding carboxylic acids is 1. The Labute approximate surface area is 153 Å². The van der Waals surface area contributed by atoms with E-state index < -0.39 is 24.3 Å². The normalized spacial score (nSPS) is 12.0. The van der Waals surface area contributed by atoms with Crippen molar-refractivity contribution >= 4 is 5.91 Å². The molecule has 0 aliphatic heterocycles. The molecule has 3 aromatic rings. The summed E-state index contributed by atoms with van der Waals surface area (Å²) in [5.74, 6) is -0.201. The molecule has 0 saturated heterocycles. The summed E-state index contributed by atoms with van der Waals surface area (Å²) in [5.41, 5.74) is 1.19. The van der Waals surface area contributed by atoms with Crippen molar-refractivity contribution in [1.29, 1.82) is 0 Å². The Morgan fingerprint density at radius 3 is 2.67 bits per heavy atom. The smallest absolute Gasteiger partial charge is 0.315 e. The fourth-order valence-corrected chi connectivity index (χ4v) is 2.24. The topological polar surface area (TPSA) is 90.1 Å². The van der Waals surface area contributed by atoms with Crippen LogP contribution in [0.25, 0.3) is 0 Å². The van der Waals surface area contributed by atoms with Gasteiger partial charge in [-0.25, -0.2) is 4.98 Å². The first-order chi connectivity index (χ1) is 12.9. The Morgan fingerprint density at radius 1 is 1.22 bits per heavy atom. The van der Waals surface area contributed by atoms with Crippen LogP contribution >= 0.6 is 0 Å². The monoisotopic (exact) mass is 374 g/mol. The third kappa shape index (κ3) is 4.63. The van der Waals surface area contributed by atoms with E-state index in [1.807, 2.05) is 31.2 Å². The number of aromatic nitrogens is 3. The van der Waals surface area contributed by atoms with Gasteiger partial charge in [-0.1, -0.05) is 17.3 Å². The van der Waals surface area contributed by atoms with Gasteiger partial charge in [-0.2, -0.15) is 13.8 Å². The largest absolute Gasteiger partial charge is 0.456 e. The summed E-state index contributed by atoms with van der Waals surface area (Å²) in [5, 5.41) is 6.00. The molecule has 0 spiro atoms. The molecule has 0 aliphatic rings. The summed E-state index contributed by atoms with van der Waals surface area (Å²) in [6.07, 6.45) is -1.44. The number of ether oxygens (including phenoxy) is 1. The summed E-state index contributed by atoms with van der Waals surface area (Å²) in [6, 6.07) is 9.89.